The first-order valence-corrected chi connectivity index (χ1v) is 13.9. The maximum absolute atomic E-state index is 12.9. The molecule has 2 aromatic rings. The highest BCUT2D eigenvalue weighted by atomic mass is 32.2. The van der Waals surface area contributed by atoms with Crippen molar-refractivity contribution in [3.05, 3.63) is 65.7 Å². The zero-order valence-corrected chi connectivity index (χ0v) is 21.1. The molecule has 10 heteroatoms. The molecule has 2 saturated heterocycles. The Morgan fingerprint density at radius 1 is 1.11 bits per heavy atom. The number of fused-ring (bicyclic) bond motifs is 1. The Kier molecular flexibility index (Phi) is 7.56. The number of hydrogen-bond acceptors (Lipinski definition) is 7. The summed E-state index contributed by atoms with van der Waals surface area (Å²) in [7, 11) is -4.02. The second-order valence-electron chi connectivity index (χ2n) is 9.19. The van der Waals surface area contributed by atoms with Crippen LogP contribution in [0.5, 0.6) is 0 Å². The van der Waals surface area contributed by atoms with E-state index in [1.165, 1.54) is 18.6 Å². The highest BCUT2D eigenvalue weighted by Crippen LogP contribution is 2.56. The molecule has 0 bridgehead atoms. The predicted octanol–water partition coefficient (Wildman–Crippen LogP) is 3.29. The number of thioether (sulfide) groups is 1. The Hall–Kier alpha value is -2.40. The van der Waals surface area contributed by atoms with Crippen molar-refractivity contribution in [1.82, 2.24) is 4.90 Å². The van der Waals surface area contributed by atoms with Crippen LogP contribution in [0.1, 0.15) is 43.2 Å². The molecule has 1 spiro atoms. The minimum atomic E-state index is -4.02. The van der Waals surface area contributed by atoms with E-state index in [-0.39, 0.29) is 33.5 Å². The molecule has 5 rings (SSSR count). The van der Waals surface area contributed by atoms with Crippen LogP contribution in [0.4, 0.5) is 0 Å². The SMILES string of the molecule is Cc1ccc(S(=O)(=O)O)cc1.NC1C(=O)N2C(C(=O)OCc3ccccc3)C3(CCCCC3)S[C@H]12. The number of rotatable bonds is 4. The van der Waals surface area contributed by atoms with E-state index in [1.54, 1.807) is 28.8 Å². The molecule has 0 aromatic heterocycles. The number of carbonyl (C=O) groups is 2. The van der Waals surface area contributed by atoms with Gasteiger partial charge in [-0.25, -0.2) is 4.79 Å². The number of nitrogens with two attached hydrogens (primary N) is 1. The Morgan fingerprint density at radius 3 is 2.34 bits per heavy atom. The minimum absolute atomic E-state index is 0.0649. The second-order valence-corrected chi connectivity index (χ2v) is 12.1. The summed E-state index contributed by atoms with van der Waals surface area (Å²) >= 11 is 1.73. The van der Waals surface area contributed by atoms with E-state index in [0.717, 1.165) is 36.8 Å². The van der Waals surface area contributed by atoms with Gasteiger partial charge in [0.25, 0.3) is 10.1 Å². The summed E-state index contributed by atoms with van der Waals surface area (Å²) < 4.78 is 34.9. The van der Waals surface area contributed by atoms with Gasteiger partial charge in [0.05, 0.1) is 4.90 Å². The molecule has 1 saturated carbocycles. The lowest BCUT2D eigenvalue weighted by atomic mass is 9.81. The standard InChI is InChI=1S/C18H22N2O3S.C7H8O3S/c19-13-15(21)20-14(17(22)23-11-12-7-3-1-4-8-12)18(24-16(13)20)9-5-2-6-10-18;1-6-2-4-7(5-3-6)11(8,9)10/h1,3-4,7-8,13-14,16H,2,5-6,9-11,19H2;2-5H,1H3,(H,8,9,10)/t13?,14?,16-;/m1./s1. The van der Waals surface area contributed by atoms with Gasteiger partial charge in [-0.05, 0) is 37.5 Å². The third-order valence-electron chi connectivity index (χ3n) is 6.72. The van der Waals surface area contributed by atoms with Gasteiger partial charge in [-0.1, -0.05) is 67.3 Å². The van der Waals surface area contributed by atoms with Crippen LogP contribution in [-0.4, -0.2) is 52.0 Å². The van der Waals surface area contributed by atoms with E-state index in [9.17, 15) is 18.0 Å². The minimum Gasteiger partial charge on any atom is -0.459 e. The monoisotopic (exact) mass is 518 g/mol. The number of nitrogens with zero attached hydrogens (tertiary/aromatic N) is 1. The second kappa shape index (κ2) is 10.3. The molecule has 2 aromatic carbocycles. The van der Waals surface area contributed by atoms with Crippen molar-refractivity contribution >= 4 is 33.8 Å². The molecule has 2 aliphatic heterocycles. The van der Waals surface area contributed by atoms with E-state index in [2.05, 4.69) is 0 Å². The molecule has 3 atom stereocenters. The summed E-state index contributed by atoms with van der Waals surface area (Å²) in [6, 6.07) is 14.7. The Morgan fingerprint density at radius 2 is 1.74 bits per heavy atom. The van der Waals surface area contributed by atoms with Gasteiger partial charge in [0.2, 0.25) is 5.91 Å². The number of β-lactam (4-membered cyclic amide) rings is 1. The number of esters is 1. The third kappa shape index (κ3) is 5.40. The lowest BCUT2D eigenvalue weighted by Gasteiger charge is -2.42. The van der Waals surface area contributed by atoms with Crippen LogP contribution in [0.3, 0.4) is 0 Å². The molecule has 2 unspecified atom stereocenters. The quantitative estimate of drug-likeness (QED) is 0.359. The van der Waals surface area contributed by atoms with Crippen molar-refractivity contribution in [2.45, 2.75) is 72.7 Å². The van der Waals surface area contributed by atoms with Crippen molar-refractivity contribution in [1.29, 1.82) is 0 Å². The molecule has 0 radical (unpaired) electrons. The van der Waals surface area contributed by atoms with Gasteiger partial charge in [-0.2, -0.15) is 8.42 Å². The number of hydrogen-bond donors (Lipinski definition) is 2. The van der Waals surface area contributed by atoms with E-state index < -0.39 is 22.2 Å². The van der Waals surface area contributed by atoms with Gasteiger partial charge in [0, 0.05) is 4.75 Å². The fourth-order valence-electron chi connectivity index (χ4n) is 4.86. The zero-order chi connectivity index (χ0) is 25.2. The Bertz CT molecular complexity index is 1160. The lowest BCUT2D eigenvalue weighted by molar-refractivity contribution is -0.164. The average molecular weight is 519 g/mol. The van der Waals surface area contributed by atoms with Crippen molar-refractivity contribution < 1.29 is 27.3 Å². The smallest absolute Gasteiger partial charge is 0.330 e. The molecule has 2 heterocycles. The molecule has 3 fully saturated rings. The summed E-state index contributed by atoms with van der Waals surface area (Å²) in [6.45, 7) is 2.09. The largest absolute Gasteiger partial charge is 0.459 e. The predicted molar refractivity (Wildman–Crippen MR) is 133 cm³/mol. The average Bonchev–Trinajstić information content (AvgIpc) is 3.14. The topological polar surface area (TPSA) is 127 Å². The van der Waals surface area contributed by atoms with Gasteiger partial charge >= 0.3 is 5.97 Å². The number of benzene rings is 2. The first-order valence-electron chi connectivity index (χ1n) is 11.6. The van der Waals surface area contributed by atoms with Gasteiger partial charge in [0.1, 0.15) is 24.1 Å². The van der Waals surface area contributed by atoms with Crippen LogP contribution >= 0.6 is 11.8 Å². The fourth-order valence-corrected chi connectivity index (χ4v) is 7.29. The van der Waals surface area contributed by atoms with Crippen LogP contribution < -0.4 is 5.73 Å². The highest BCUT2D eigenvalue weighted by molar-refractivity contribution is 8.01. The van der Waals surface area contributed by atoms with Crippen LogP contribution in [0.2, 0.25) is 0 Å². The molecular formula is C25H30N2O6S2. The third-order valence-corrected chi connectivity index (χ3v) is 9.45. The molecule has 188 valence electrons. The van der Waals surface area contributed by atoms with Crippen LogP contribution in [0, 0.1) is 6.92 Å². The van der Waals surface area contributed by atoms with Crippen molar-refractivity contribution in [3.8, 4) is 0 Å². The molecule has 8 nitrogen and oxygen atoms in total. The van der Waals surface area contributed by atoms with Gasteiger partial charge < -0.3 is 15.4 Å². The molecular weight excluding hydrogens is 488 g/mol. The fraction of sp³-hybridized carbons (Fsp3) is 0.440. The molecule has 3 aliphatic rings. The van der Waals surface area contributed by atoms with E-state index in [0.29, 0.717) is 0 Å². The molecule has 3 N–H and O–H groups in total. The zero-order valence-electron chi connectivity index (χ0n) is 19.5. The maximum atomic E-state index is 12.9. The number of carbonyl (C=O) groups excluding carboxylic acids is 2. The Labute approximate surface area is 210 Å². The summed E-state index contributed by atoms with van der Waals surface area (Å²) in [4.78, 5) is 26.7. The van der Waals surface area contributed by atoms with E-state index in [1.807, 2.05) is 37.3 Å². The van der Waals surface area contributed by atoms with Gasteiger partial charge in [0.15, 0.2) is 0 Å². The van der Waals surface area contributed by atoms with Crippen molar-refractivity contribution in [3.63, 3.8) is 0 Å². The van der Waals surface area contributed by atoms with Crippen LogP contribution in [0.15, 0.2) is 59.5 Å². The molecule has 1 aliphatic carbocycles. The number of ether oxygens (including phenoxy) is 1. The Balaban J connectivity index is 0.000000221. The van der Waals surface area contributed by atoms with Crippen LogP contribution in [-0.2, 0) is 31.1 Å². The van der Waals surface area contributed by atoms with Gasteiger partial charge in [-0.15, -0.1) is 11.8 Å². The first kappa shape index (κ1) is 25.7. The summed E-state index contributed by atoms with van der Waals surface area (Å²) in [6.07, 6.45) is 5.29. The normalized spacial score (nSPS) is 24.7. The molecule has 35 heavy (non-hydrogen) atoms. The molecule has 1 amide bonds. The number of amides is 1. The van der Waals surface area contributed by atoms with Crippen LogP contribution in [0.25, 0.3) is 0 Å². The summed E-state index contributed by atoms with van der Waals surface area (Å²) in [5, 5.41) is -0.0649. The van der Waals surface area contributed by atoms with E-state index >= 15 is 0 Å². The van der Waals surface area contributed by atoms with Gasteiger partial charge in [-0.3, -0.25) is 9.35 Å². The first-order chi connectivity index (χ1) is 16.6. The van der Waals surface area contributed by atoms with E-state index in [4.69, 9.17) is 15.0 Å². The summed E-state index contributed by atoms with van der Waals surface area (Å²) in [5.41, 5.74) is 7.87. The number of aryl methyl sites for hydroxylation is 1. The van der Waals surface area contributed by atoms with Crippen molar-refractivity contribution in [2.24, 2.45) is 5.73 Å². The summed E-state index contributed by atoms with van der Waals surface area (Å²) in [5.74, 6) is -0.396. The van der Waals surface area contributed by atoms with Crippen molar-refractivity contribution in [2.75, 3.05) is 0 Å². The highest BCUT2D eigenvalue weighted by Gasteiger charge is 2.66. The lowest BCUT2D eigenvalue weighted by Crippen LogP contribution is -2.69. The maximum Gasteiger partial charge on any atom is 0.330 e.